The zero-order valence-electron chi connectivity index (χ0n) is 16.8. The molecule has 2 saturated heterocycles. The van der Waals surface area contributed by atoms with Crippen molar-refractivity contribution in [2.45, 2.75) is 32.1 Å². The van der Waals surface area contributed by atoms with E-state index in [0.717, 1.165) is 49.7 Å². The van der Waals surface area contributed by atoms with Gasteiger partial charge in [0.15, 0.2) is 0 Å². The molecule has 6 heteroatoms. The summed E-state index contributed by atoms with van der Waals surface area (Å²) in [7, 11) is 0. The van der Waals surface area contributed by atoms with E-state index >= 15 is 0 Å². The predicted octanol–water partition coefficient (Wildman–Crippen LogP) is 3.42. The SMILES string of the molecule is N#Cc1ccc(-c2nc(NC[C@H]3CCNC3)ncc2N2CCC3(CC2)CC3)cc1. The van der Waals surface area contributed by atoms with Crippen molar-refractivity contribution >= 4 is 11.6 Å². The lowest BCUT2D eigenvalue weighted by molar-refractivity contribution is 0.384. The highest BCUT2D eigenvalue weighted by Gasteiger charge is 2.44. The second-order valence-corrected chi connectivity index (χ2v) is 8.84. The van der Waals surface area contributed by atoms with Crippen molar-refractivity contribution in [3.63, 3.8) is 0 Å². The Morgan fingerprint density at radius 3 is 2.62 bits per heavy atom. The molecule has 29 heavy (non-hydrogen) atoms. The molecule has 1 aliphatic carbocycles. The van der Waals surface area contributed by atoms with Gasteiger partial charge in [-0.3, -0.25) is 0 Å². The molecule has 1 atom stereocenters. The minimum Gasteiger partial charge on any atom is -0.368 e. The molecule has 1 saturated carbocycles. The van der Waals surface area contributed by atoms with Gasteiger partial charge in [-0.25, -0.2) is 9.97 Å². The number of nitriles is 1. The summed E-state index contributed by atoms with van der Waals surface area (Å²) in [5, 5.41) is 16.0. The van der Waals surface area contributed by atoms with Gasteiger partial charge in [-0.05, 0) is 68.7 Å². The Bertz CT molecular complexity index is 896. The number of piperidine rings is 1. The third kappa shape index (κ3) is 3.92. The molecule has 0 radical (unpaired) electrons. The Morgan fingerprint density at radius 2 is 1.97 bits per heavy atom. The third-order valence-electron chi connectivity index (χ3n) is 6.89. The van der Waals surface area contributed by atoms with Crippen LogP contribution in [-0.2, 0) is 0 Å². The molecule has 2 aliphatic heterocycles. The van der Waals surface area contributed by atoms with E-state index in [-0.39, 0.29) is 0 Å². The highest BCUT2D eigenvalue weighted by molar-refractivity contribution is 5.76. The summed E-state index contributed by atoms with van der Waals surface area (Å²) in [6.45, 7) is 5.20. The Hall–Kier alpha value is -2.65. The monoisotopic (exact) mass is 388 g/mol. The zero-order valence-corrected chi connectivity index (χ0v) is 16.8. The first-order chi connectivity index (χ1) is 14.2. The second kappa shape index (κ2) is 7.64. The Morgan fingerprint density at radius 1 is 1.17 bits per heavy atom. The largest absolute Gasteiger partial charge is 0.368 e. The van der Waals surface area contributed by atoms with Gasteiger partial charge in [0.25, 0.3) is 0 Å². The van der Waals surface area contributed by atoms with Crippen LogP contribution in [0.1, 0.15) is 37.7 Å². The van der Waals surface area contributed by atoms with Gasteiger partial charge in [0.05, 0.1) is 29.2 Å². The molecule has 150 valence electrons. The first-order valence-electron chi connectivity index (χ1n) is 10.8. The fourth-order valence-corrected chi connectivity index (χ4v) is 4.63. The second-order valence-electron chi connectivity index (χ2n) is 8.84. The van der Waals surface area contributed by atoms with E-state index in [2.05, 4.69) is 26.6 Å². The molecular formula is C23H28N6. The van der Waals surface area contributed by atoms with Gasteiger partial charge in [0.1, 0.15) is 0 Å². The van der Waals surface area contributed by atoms with Crippen molar-refractivity contribution in [2.24, 2.45) is 11.3 Å². The van der Waals surface area contributed by atoms with Gasteiger partial charge in [-0.15, -0.1) is 0 Å². The molecular weight excluding hydrogens is 360 g/mol. The molecule has 0 amide bonds. The number of hydrogen-bond donors (Lipinski definition) is 2. The first-order valence-corrected chi connectivity index (χ1v) is 10.8. The lowest BCUT2D eigenvalue weighted by Crippen LogP contribution is -2.35. The molecule has 1 spiro atoms. The number of hydrogen-bond acceptors (Lipinski definition) is 6. The topological polar surface area (TPSA) is 76.9 Å². The fraction of sp³-hybridized carbons (Fsp3) is 0.522. The molecule has 6 nitrogen and oxygen atoms in total. The molecule has 2 N–H and O–H groups in total. The van der Waals surface area contributed by atoms with E-state index in [0.29, 0.717) is 22.8 Å². The van der Waals surface area contributed by atoms with E-state index in [1.54, 1.807) is 0 Å². The van der Waals surface area contributed by atoms with Crippen LogP contribution in [0.2, 0.25) is 0 Å². The van der Waals surface area contributed by atoms with Crippen LogP contribution in [0, 0.1) is 22.7 Å². The van der Waals surface area contributed by atoms with Crippen LogP contribution in [0.4, 0.5) is 11.6 Å². The lowest BCUT2D eigenvalue weighted by atomic mass is 9.93. The summed E-state index contributed by atoms with van der Waals surface area (Å²) in [6.07, 6.45) is 8.53. The van der Waals surface area contributed by atoms with Crippen LogP contribution in [0.5, 0.6) is 0 Å². The summed E-state index contributed by atoms with van der Waals surface area (Å²) < 4.78 is 0. The number of benzene rings is 1. The third-order valence-corrected chi connectivity index (χ3v) is 6.89. The average molecular weight is 389 g/mol. The standard InChI is InChI=1S/C23H28N6/c24-13-17-1-3-19(4-2-17)21-20(29-11-8-23(6-7-23)9-12-29)16-27-22(28-21)26-15-18-5-10-25-14-18/h1-4,16,18,25H,5-12,14-15H2,(H,26,27,28)/t18-/m0/s1. The van der Waals surface area contributed by atoms with Gasteiger partial charge in [-0.2, -0.15) is 5.26 Å². The van der Waals surface area contributed by atoms with Crippen molar-refractivity contribution in [1.29, 1.82) is 5.26 Å². The molecule has 1 aromatic heterocycles. The number of nitrogens with one attached hydrogen (secondary N) is 2. The van der Waals surface area contributed by atoms with E-state index < -0.39 is 0 Å². The van der Waals surface area contributed by atoms with Crippen LogP contribution < -0.4 is 15.5 Å². The molecule has 5 rings (SSSR count). The lowest BCUT2D eigenvalue weighted by Gasteiger charge is -2.34. The minimum absolute atomic E-state index is 0.633. The van der Waals surface area contributed by atoms with Crippen molar-refractivity contribution < 1.29 is 0 Å². The normalized spacial score (nSPS) is 22.4. The summed E-state index contributed by atoms with van der Waals surface area (Å²) in [4.78, 5) is 12.0. The molecule has 3 heterocycles. The Labute approximate surface area is 172 Å². The van der Waals surface area contributed by atoms with E-state index in [1.165, 1.54) is 32.1 Å². The maximum Gasteiger partial charge on any atom is 0.223 e. The van der Waals surface area contributed by atoms with Crippen LogP contribution in [0.15, 0.2) is 30.5 Å². The van der Waals surface area contributed by atoms with Gasteiger partial charge < -0.3 is 15.5 Å². The summed E-state index contributed by atoms with van der Waals surface area (Å²) in [5.41, 5.74) is 4.42. The minimum atomic E-state index is 0.633. The van der Waals surface area contributed by atoms with Crippen molar-refractivity contribution in [1.82, 2.24) is 15.3 Å². The molecule has 0 bridgehead atoms. The zero-order chi connectivity index (χ0) is 19.7. The maximum atomic E-state index is 9.13. The fourth-order valence-electron chi connectivity index (χ4n) is 4.63. The van der Waals surface area contributed by atoms with Crippen molar-refractivity contribution in [3.05, 3.63) is 36.0 Å². The smallest absolute Gasteiger partial charge is 0.223 e. The first kappa shape index (κ1) is 18.4. The van der Waals surface area contributed by atoms with Crippen molar-refractivity contribution in [3.8, 4) is 17.3 Å². The van der Waals surface area contributed by atoms with Gasteiger partial charge in [0, 0.05) is 25.2 Å². The number of aromatic nitrogens is 2. The molecule has 3 aliphatic rings. The molecule has 1 aromatic carbocycles. The summed E-state index contributed by atoms with van der Waals surface area (Å²) in [6, 6.07) is 9.94. The molecule has 2 aromatic rings. The van der Waals surface area contributed by atoms with Crippen LogP contribution in [-0.4, -0.2) is 42.7 Å². The molecule has 3 fully saturated rings. The van der Waals surface area contributed by atoms with Crippen molar-refractivity contribution in [2.75, 3.05) is 42.9 Å². The van der Waals surface area contributed by atoms with Gasteiger partial charge in [-0.1, -0.05) is 12.1 Å². The Balaban J connectivity index is 1.41. The summed E-state index contributed by atoms with van der Waals surface area (Å²) in [5.74, 6) is 1.32. The number of nitrogens with zero attached hydrogens (tertiary/aromatic N) is 4. The average Bonchev–Trinajstić information content (AvgIpc) is 3.31. The van der Waals surface area contributed by atoms with Gasteiger partial charge >= 0.3 is 0 Å². The quantitative estimate of drug-likeness (QED) is 0.817. The Kier molecular flexibility index (Phi) is 4.84. The van der Waals surface area contributed by atoms with Gasteiger partial charge in [0.2, 0.25) is 5.95 Å². The maximum absolute atomic E-state index is 9.13. The molecule has 0 unspecified atom stereocenters. The van der Waals surface area contributed by atoms with Crippen LogP contribution in [0.25, 0.3) is 11.3 Å². The predicted molar refractivity (Wildman–Crippen MR) is 115 cm³/mol. The van der Waals surface area contributed by atoms with E-state index in [1.807, 2.05) is 30.5 Å². The summed E-state index contributed by atoms with van der Waals surface area (Å²) >= 11 is 0. The van der Waals surface area contributed by atoms with Crippen LogP contribution >= 0.6 is 0 Å². The highest BCUT2D eigenvalue weighted by Crippen LogP contribution is 2.54. The number of anilines is 2. The highest BCUT2D eigenvalue weighted by atomic mass is 15.2. The van der Waals surface area contributed by atoms with E-state index in [4.69, 9.17) is 10.2 Å². The van der Waals surface area contributed by atoms with Crippen LogP contribution in [0.3, 0.4) is 0 Å². The van der Waals surface area contributed by atoms with E-state index in [9.17, 15) is 0 Å². The number of rotatable bonds is 5.